The van der Waals surface area contributed by atoms with E-state index in [1.54, 1.807) is 11.3 Å². The monoisotopic (exact) mass is 367 g/mol. The van der Waals surface area contributed by atoms with Crippen molar-refractivity contribution in [1.29, 1.82) is 0 Å². The molecule has 0 bridgehead atoms. The van der Waals surface area contributed by atoms with Gasteiger partial charge in [0.2, 0.25) is 0 Å². The Bertz CT molecular complexity index is 570. The van der Waals surface area contributed by atoms with Crippen LogP contribution in [0.5, 0.6) is 0 Å². The Balaban J connectivity index is 2.00. The van der Waals surface area contributed by atoms with E-state index < -0.39 is 0 Å². The number of thiazole rings is 1. The molecule has 5 heteroatoms. The van der Waals surface area contributed by atoms with E-state index in [2.05, 4.69) is 70.2 Å². The maximum atomic E-state index is 4.56. The molecule has 1 heterocycles. The van der Waals surface area contributed by atoms with Crippen molar-refractivity contribution >= 4 is 32.4 Å². The summed E-state index contributed by atoms with van der Waals surface area (Å²) in [6, 6.07) is 8.77. The molecule has 0 fully saturated rings. The van der Waals surface area contributed by atoms with Crippen LogP contribution in [0.3, 0.4) is 0 Å². The van der Waals surface area contributed by atoms with Crippen molar-refractivity contribution in [2.75, 3.05) is 18.5 Å². The van der Waals surface area contributed by atoms with Gasteiger partial charge in [0, 0.05) is 35.2 Å². The Labute approximate surface area is 139 Å². The number of nitrogens with zero attached hydrogens (tertiary/aromatic N) is 2. The van der Waals surface area contributed by atoms with Crippen LogP contribution in [0.2, 0.25) is 0 Å². The van der Waals surface area contributed by atoms with E-state index in [0.717, 1.165) is 29.1 Å². The molecule has 3 nitrogen and oxygen atoms in total. The molecule has 2 aromatic rings. The summed E-state index contributed by atoms with van der Waals surface area (Å²) >= 11 is 5.28. The van der Waals surface area contributed by atoms with Crippen molar-refractivity contribution in [3.63, 3.8) is 0 Å². The SMILES string of the molecule is CCCNC(C)c1cnc(N(C)Cc2cccc(Br)c2)s1. The maximum Gasteiger partial charge on any atom is 0.185 e. The first-order valence-corrected chi connectivity index (χ1v) is 8.85. The van der Waals surface area contributed by atoms with E-state index in [0.29, 0.717) is 6.04 Å². The molecule has 0 aliphatic rings. The molecular weight excluding hydrogens is 346 g/mol. The highest BCUT2D eigenvalue weighted by Gasteiger charge is 2.12. The van der Waals surface area contributed by atoms with E-state index in [4.69, 9.17) is 0 Å². The molecular formula is C16H22BrN3S. The zero-order valence-corrected chi connectivity index (χ0v) is 15.2. The van der Waals surface area contributed by atoms with Gasteiger partial charge in [0.1, 0.15) is 0 Å². The lowest BCUT2D eigenvalue weighted by Crippen LogP contribution is -2.18. The first-order chi connectivity index (χ1) is 10.1. The van der Waals surface area contributed by atoms with Crippen molar-refractivity contribution in [1.82, 2.24) is 10.3 Å². The van der Waals surface area contributed by atoms with Crippen LogP contribution in [0.25, 0.3) is 0 Å². The predicted octanol–water partition coefficient (Wildman–Crippen LogP) is 4.60. The molecule has 0 spiro atoms. The van der Waals surface area contributed by atoms with Crippen LogP contribution in [0.4, 0.5) is 5.13 Å². The molecule has 0 aliphatic heterocycles. The van der Waals surface area contributed by atoms with Crippen molar-refractivity contribution in [2.45, 2.75) is 32.9 Å². The fourth-order valence-corrected chi connectivity index (χ4v) is 3.44. The fraction of sp³-hybridized carbons (Fsp3) is 0.438. The lowest BCUT2D eigenvalue weighted by molar-refractivity contribution is 0.577. The number of anilines is 1. The summed E-state index contributed by atoms with van der Waals surface area (Å²) in [5, 5.41) is 4.57. The predicted molar refractivity (Wildman–Crippen MR) is 95.1 cm³/mol. The van der Waals surface area contributed by atoms with Crippen LogP contribution in [-0.2, 0) is 6.54 Å². The molecule has 0 aliphatic carbocycles. The molecule has 0 amide bonds. The third-order valence-electron chi connectivity index (χ3n) is 3.27. The van der Waals surface area contributed by atoms with E-state index in [1.807, 2.05) is 12.3 Å². The first-order valence-electron chi connectivity index (χ1n) is 7.25. The second kappa shape index (κ2) is 7.92. The molecule has 1 atom stereocenters. The Kier molecular flexibility index (Phi) is 6.21. The molecule has 0 radical (unpaired) electrons. The molecule has 1 aromatic heterocycles. The van der Waals surface area contributed by atoms with Gasteiger partial charge in [-0.15, -0.1) is 11.3 Å². The number of hydrogen-bond acceptors (Lipinski definition) is 4. The van der Waals surface area contributed by atoms with E-state index in [9.17, 15) is 0 Å². The van der Waals surface area contributed by atoms with Gasteiger partial charge in [-0.05, 0) is 37.6 Å². The molecule has 21 heavy (non-hydrogen) atoms. The quantitative estimate of drug-likeness (QED) is 0.774. The van der Waals surface area contributed by atoms with Gasteiger partial charge < -0.3 is 10.2 Å². The molecule has 0 saturated heterocycles. The minimum Gasteiger partial charge on any atom is -0.347 e. The van der Waals surface area contributed by atoms with Gasteiger partial charge in [-0.3, -0.25) is 0 Å². The number of hydrogen-bond donors (Lipinski definition) is 1. The van der Waals surface area contributed by atoms with Crippen LogP contribution in [0, 0.1) is 0 Å². The summed E-state index contributed by atoms with van der Waals surface area (Å²) in [4.78, 5) is 8.04. The zero-order valence-electron chi connectivity index (χ0n) is 12.8. The van der Waals surface area contributed by atoms with Crippen LogP contribution in [0.1, 0.15) is 36.8 Å². The molecule has 1 unspecified atom stereocenters. The van der Waals surface area contributed by atoms with Gasteiger partial charge in [0.25, 0.3) is 0 Å². The van der Waals surface area contributed by atoms with Crippen molar-refractivity contribution in [3.8, 4) is 0 Å². The van der Waals surface area contributed by atoms with E-state index >= 15 is 0 Å². The normalized spacial score (nSPS) is 12.4. The van der Waals surface area contributed by atoms with Crippen LogP contribution in [-0.4, -0.2) is 18.6 Å². The van der Waals surface area contributed by atoms with Crippen LogP contribution >= 0.6 is 27.3 Å². The lowest BCUT2D eigenvalue weighted by atomic mass is 10.2. The molecule has 0 saturated carbocycles. The number of nitrogens with one attached hydrogen (secondary N) is 1. The van der Waals surface area contributed by atoms with E-state index in [-0.39, 0.29) is 0 Å². The molecule has 1 aromatic carbocycles. The van der Waals surface area contributed by atoms with Gasteiger partial charge in [-0.1, -0.05) is 35.0 Å². The molecule has 1 N–H and O–H groups in total. The minimum absolute atomic E-state index is 0.371. The minimum atomic E-state index is 0.371. The Morgan fingerprint density at radius 3 is 2.95 bits per heavy atom. The summed E-state index contributed by atoms with van der Waals surface area (Å²) in [6.07, 6.45) is 3.14. The Hall–Kier alpha value is -0.910. The van der Waals surface area contributed by atoms with Gasteiger partial charge in [-0.25, -0.2) is 4.98 Å². The standard InChI is InChI=1S/C16H22BrN3S/c1-4-8-18-12(2)15-10-19-16(21-15)20(3)11-13-6-5-7-14(17)9-13/h5-7,9-10,12,18H,4,8,11H2,1-3H3. The summed E-state index contributed by atoms with van der Waals surface area (Å²) < 4.78 is 1.12. The average molecular weight is 368 g/mol. The first kappa shape index (κ1) is 16.5. The largest absolute Gasteiger partial charge is 0.347 e. The Morgan fingerprint density at radius 1 is 1.43 bits per heavy atom. The summed E-state index contributed by atoms with van der Waals surface area (Å²) in [7, 11) is 2.09. The summed E-state index contributed by atoms with van der Waals surface area (Å²) in [5.74, 6) is 0. The maximum absolute atomic E-state index is 4.56. The van der Waals surface area contributed by atoms with E-state index in [1.165, 1.54) is 10.4 Å². The Morgan fingerprint density at radius 2 is 2.24 bits per heavy atom. The summed E-state index contributed by atoms with van der Waals surface area (Å²) in [6.45, 7) is 6.29. The third-order valence-corrected chi connectivity index (χ3v) is 5.06. The highest BCUT2D eigenvalue weighted by atomic mass is 79.9. The highest BCUT2D eigenvalue weighted by molar-refractivity contribution is 9.10. The van der Waals surface area contributed by atoms with Crippen molar-refractivity contribution < 1.29 is 0 Å². The second-order valence-electron chi connectivity index (χ2n) is 5.21. The van der Waals surface area contributed by atoms with Gasteiger partial charge in [-0.2, -0.15) is 0 Å². The second-order valence-corrected chi connectivity index (χ2v) is 7.16. The third kappa shape index (κ3) is 4.80. The summed E-state index contributed by atoms with van der Waals surface area (Å²) in [5.41, 5.74) is 1.28. The lowest BCUT2D eigenvalue weighted by Gasteiger charge is -2.16. The smallest absolute Gasteiger partial charge is 0.185 e. The number of aromatic nitrogens is 1. The zero-order chi connectivity index (χ0) is 15.2. The topological polar surface area (TPSA) is 28.2 Å². The number of benzene rings is 1. The van der Waals surface area contributed by atoms with Gasteiger partial charge in [0.15, 0.2) is 5.13 Å². The molecule has 2 rings (SSSR count). The van der Waals surface area contributed by atoms with Crippen molar-refractivity contribution in [3.05, 3.63) is 45.4 Å². The van der Waals surface area contributed by atoms with Gasteiger partial charge in [0.05, 0.1) is 0 Å². The fourth-order valence-electron chi connectivity index (χ4n) is 2.09. The van der Waals surface area contributed by atoms with Gasteiger partial charge >= 0.3 is 0 Å². The number of halogens is 1. The highest BCUT2D eigenvalue weighted by Crippen LogP contribution is 2.27. The van der Waals surface area contributed by atoms with Crippen molar-refractivity contribution in [2.24, 2.45) is 0 Å². The average Bonchev–Trinajstić information content (AvgIpc) is 2.94. The molecule has 114 valence electrons. The van der Waals surface area contributed by atoms with Crippen LogP contribution < -0.4 is 10.2 Å². The van der Waals surface area contributed by atoms with Crippen LogP contribution in [0.15, 0.2) is 34.9 Å². The number of rotatable bonds is 7.